The molecule has 0 spiro atoms. The number of aromatic nitrogens is 1. The first-order valence-corrected chi connectivity index (χ1v) is 5.59. The van der Waals surface area contributed by atoms with Gasteiger partial charge in [-0.2, -0.15) is 0 Å². The van der Waals surface area contributed by atoms with Gasteiger partial charge in [-0.1, -0.05) is 6.07 Å². The Labute approximate surface area is 91.3 Å². The van der Waals surface area contributed by atoms with Gasteiger partial charge >= 0.3 is 0 Å². The quantitative estimate of drug-likeness (QED) is 0.817. The Balaban J connectivity index is 2.01. The lowest BCUT2D eigenvalue weighted by molar-refractivity contribution is 0.771. The zero-order chi connectivity index (χ0) is 10.8. The molecule has 0 radical (unpaired) electrons. The highest BCUT2D eigenvalue weighted by atomic mass is 15.2. The van der Waals surface area contributed by atoms with Gasteiger partial charge in [0, 0.05) is 25.8 Å². The molecule has 0 bridgehead atoms. The predicted octanol–water partition coefficient (Wildman–Crippen LogP) is 1.95. The molecule has 15 heavy (non-hydrogen) atoms. The highest BCUT2D eigenvalue weighted by Gasteiger charge is 2.23. The van der Waals surface area contributed by atoms with Gasteiger partial charge in [-0.3, -0.25) is 0 Å². The predicted molar refractivity (Wildman–Crippen MR) is 62.8 cm³/mol. The third-order valence-electron chi connectivity index (χ3n) is 2.92. The summed E-state index contributed by atoms with van der Waals surface area (Å²) >= 11 is 0. The average Bonchev–Trinajstić information content (AvgIpc) is 3.02. The van der Waals surface area contributed by atoms with E-state index in [0.717, 1.165) is 23.8 Å². The maximum Gasteiger partial charge on any atom is 0.128 e. The van der Waals surface area contributed by atoms with Crippen molar-refractivity contribution < 1.29 is 0 Å². The Morgan fingerprint density at radius 1 is 1.53 bits per heavy atom. The summed E-state index contributed by atoms with van der Waals surface area (Å²) in [5.41, 5.74) is 6.87. The minimum atomic E-state index is 0.0697. The lowest BCUT2D eigenvalue weighted by Gasteiger charge is -2.18. The average molecular weight is 205 g/mol. The Kier molecular flexibility index (Phi) is 2.91. The van der Waals surface area contributed by atoms with Crippen LogP contribution in [-0.2, 0) is 0 Å². The molecule has 0 saturated heterocycles. The molecule has 1 fully saturated rings. The van der Waals surface area contributed by atoms with Crippen molar-refractivity contribution in [1.29, 1.82) is 0 Å². The van der Waals surface area contributed by atoms with Crippen LogP contribution in [0, 0.1) is 5.92 Å². The molecule has 1 heterocycles. The fraction of sp³-hybridized carbons (Fsp3) is 0.583. The maximum atomic E-state index is 5.78. The smallest absolute Gasteiger partial charge is 0.128 e. The summed E-state index contributed by atoms with van der Waals surface area (Å²) in [6, 6.07) is 4.19. The van der Waals surface area contributed by atoms with Crippen LogP contribution in [0.15, 0.2) is 18.3 Å². The van der Waals surface area contributed by atoms with E-state index in [-0.39, 0.29) is 6.04 Å². The molecule has 82 valence electrons. The molecule has 0 amide bonds. The van der Waals surface area contributed by atoms with Crippen LogP contribution in [0.5, 0.6) is 0 Å². The van der Waals surface area contributed by atoms with E-state index < -0.39 is 0 Å². The fourth-order valence-corrected chi connectivity index (χ4v) is 1.67. The molecule has 1 atom stereocenters. The van der Waals surface area contributed by atoms with E-state index in [4.69, 9.17) is 5.73 Å². The van der Waals surface area contributed by atoms with Crippen molar-refractivity contribution >= 4 is 5.82 Å². The molecule has 1 aromatic heterocycles. The van der Waals surface area contributed by atoms with Crippen LogP contribution >= 0.6 is 0 Å². The van der Waals surface area contributed by atoms with Crippen LogP contribution in [-0.4, -0.2) is 18.6 Å². The summed E-state index contributed by atoms with van der Waals surface area (Å²) in [5, 5.41) is 0. The largest absolute Gasteiger partial charge is 0.359 e. The van der Waals surface area contributed by atoms with E-state index >= 15 is 0 Å². The van der Waals surface area contributed by atoms with Gasteiger partial charge in [-0.05, 0) is 37.3 Å². The third kappa shape index (κ3) is 2.69. The monoisotopic (exact) mass is 205 g/mol. The van der Waals surface area contributed by atoms with Crippen LogP contribution in [0.1, 0.15) is 31.4 Å². The van der Waals surface area contributed by atoms with E-state index in [1.165, 1.54) is 12.8 Å². The molecule has 0 aromatic carbocycles. The van der Waals surface area contributed by atoms with Crippen LogP contribution in [0.25, 0.3) is 0 Å². The minimum absolute atomic E-state index is 0.0697. The van der Waals surface area contributed by atoms with Crippen molar-refractivity contribution in [3.8, 4) is 0 Å². The number of nitrogens with zero attached hydrogens (tertiary/aromatic N) is 2. The van der Waals surface area contributed by atoms with E-state index in [0.29, 0.717) is 0 Å². The van der Waals surface area contributed by atoms with Crippen LogP contribution < -0.4 is 10.6 Å². The lowest BCUT2D eigenvalue weighted by Crippen LogP contribution is -2.21. The molecular weight excluding hydrogens is 186 g/mol. The minimum Gasteiger partial charge on any atom is -0.359 e. The Morgan fingerprint density at radius 3 is 2.73 bits per heavy atom. The number of hydrogen-bond acceptors (Lipinski definition) is 3. The number of hydrogen-bond donors (Lipinski definition) is 1. The van der Waals surface area contributed by atoms with Gasteiger partial charge in [0.2, 0.25) is 0 Å². The van der Waals surface area contributed by atoms with Gasteiger partial charge in [0.05, 0.1) is 0 Å². The van der Waals surface area contributed by atoms with E-state index in [1.807, 2.05) is 13.1 Å². The molecule has 2 rings (SSSR count). The molecule has 2 N–H and O–H groups in total. The highest BCUT2D eigenvalue weighted by molar-refractivity contribution is 5.39. The summed E-state index contributed by atoms with van der Waals surface area (Å²) in [6.07, 6.45) is 4.63. The van der Waals surface area contributed by atoms with E-state index in [2.05, 4.69) is 29.1 Å². The van der Waals surface area contributed by atoms with Crippen molar-refractivity contribution in [3.05, 3.63) is 23.9 Å². The summed E-state index contributed by atoms with van der Waals surface area (Å²) < 4.78 is 0. The molecule has 1 aromatic rings. The standard InChI is InChI=1S/C12H19N3/c1-9(13)11-5-6-12(14-7-11)15(2)8-10-3-4-10/h5-7,9-10H,3-4,8,13H2,1-2H3/t9-/m1/s1. The number of rotatable bonds is 4. The molecule has 1 aliphatic carbocycles. The highest BCUT2D eigenvalue weighted by Crippen LogP contribution is 2.30. The van der Waals surface area contributed by atoms with Gasteiger partial charge in [0.25, 0.3) is 0 Å². The summed E-state index contributed by atoms with van der Waals surface area (Å²) in [5.74, 6) is 1.94. The van der Waals surface area contributed by atoms with Crippen molar-refractivity contribution in [2.75, 3.05) is 18.5 Å². The number of nitrogens with two attached hydrogens (primary N) is 1. The SMILES string of the molecule is C[C@@H](N)c1ccc(N(C)CC2CC2)nc1. The second-order valence-electron chi connectivity index (χ2n) is 4.56. The first-order valence-electron chi connectivity index (χ1n) is 5.59. The van der Waals surface area contributed by atoms with Crippen molar-refractivity contribution in [2.24, 2.45) is 11.7 Å². The molecule has 1 aliphatic rings. The summed E-state index contributed by atoms with van der Waals surface area (Å²) in [7, 11) is 2.10. The zero-order valence-corrected chi connectivity index (χ0v) is 9.48. The maximum absolute atomic E-state index is 5.78. The number of anilines is 1. The number of pyridine rings is 1. The third-order valence-corrected chi connectivity index (χ3v) is 2.92. The van der Waals surface area contributed by atoms with Gasteiger partial charge in [0.15, 0.2) is 0 Å². The second kappa shape index (κ2) is 4.19. The Hall–Kier alpha value is -1.09. The van der Waals surface area contributed by atoms with Gasteiger partial charge in [0.1, 0.15) is 5.82 Å². The molecule has 0 unspecified atom stereocenters. The summed E-state index contributed by atoms with van der Waals surface area (Å²) in [6.45, 7) is 3.11. The van der Waals surface area contributed by atoms with E-state index in [9.17, 15) is 0 Å². The van der Waals surface area contributed by atoms with Crippen LogP contribution in [0.2, 0.25) is 0 Å². The molecule has 3 nitrogen and oxygen atoms in total. The second-order valence-corrected chi connectivity index (χ2v) is 4.56. The van der Waals surface area contributed by atoms with Crippen molar-refractivity contribution in [1.82, 2.24) is 4.98 Å². The first kappa shape index (κ1) is 10.4. The Bertz CT molecular complexity index is 314. The van der Waals surface area contributed by atoms with Crippen LogP contribution in [0.3, 0.4) is 0 Å². The fourth-order valence-electron chi connectivity index (χ4n) is 1.67. The van der Waals surface area contributed by atoms with Crippen molar-refractivity contribution in [2.45, 2.75) is 25.8 Å². The first-order chi connectivity index (χ1) is 7.16. The van der Waals surface area contributed by atoms with Gasteiger partial charge in [-0.15, -0.1) is 0 Å². The summed E-state index contributed by atoms with van der Waals surface area (Å²) in [4.78, 5) is 6.65. The molecular formula is C12H19N3. The molecule has 0 aliphatic heterocycles. The van der Waals surface area contributed by atoms with Crippen LogP contribution in [0.4, 0.5) is 5.82 Å². The molecule has 3 heteroatoms. The Morgan fingerprint density at radius 2 is 2.27 bits per heavy atom. The normalized spacial score (nSPS) is 17.5. The van der Waals surface area contributed by atoms with Gasteiger partial charge < -0.3 is 10.6 Å². The zero-order valence-electron chi connectivity index (χ0n) is 9.48. The van der Waals surface area contributed by atoms with Crippen molar-refractivity contribution in [3.63, 3.8) is 0 Å². The lowest BCUT2D eigenvalue weighted by atomic mass is 10.1. The topological polar surface area (TPSA) is 42.1 Å². The van der Waals surface area contributed by atoms with E-state index in [1.54, 1.807) is 0 Å². The van der Waals surface area contributed by atoms with Gasteiger partial charge in [-0.25, -0.2) is 4.98 Å². The molecule has 1 saturated carbocycles.